The zero-order valence-electron chi connectivity index (χ0n) is 19.5. The fraction of sp³-hybridized carbons (Fsp3) is 0.345. The lowest BCUT2D eigenvalue weighted by Gasteiger charge is -2.36. The number of benzene rings is 3. The average molecular weight is 443 g/mol. The van der Waals surface area contributed by atoms with Gasteiger partial charge in [-0.1, -0.05) is 72.8 Å². The third-order valence-corrected chi connectivity index (χ3v) is 6.58. The van der Waals surface area contributed by atoms with E-state index in [0.717, 1.165) is 43.8 Å². The molecule has 0 spiro atoms. The summed E-state index contributed by atoms with van der Waals surface area (Å²) in [6.45, 7) is 6.04. The molecule has 0 aromatic heterocycles. The molecule has 1 N–H and O–H groups in total. The van der Waals surface area contributed by atoms with Crippen LogP contribution in [0.5, 0.6) is 5.75 Å². The third kappa shape index (κ3) is 6.93. The van der Waals surface area contributed by atoms with E-state index in [2.05, 4.69) is 76.9 Å². The Hall–Kier alpha value is -3.11. The van der Waals surface area contributed by atoms with E-state index in [1.807, 2.05) is 18.2 Å². The second-order valence-electron chi connectivity index (χ2n) is 8.99. The molecule has 1 unspecified atom stereocenters. The molecular weight excluding hydrogens is 408 g/mol. The minimum absolute atomic E-state index is 0.0318. The molecule has 4 heteroatoms. The van der Waals surface area contributed by atoms with Crippen LogP contribution in [0.15, 0.2) is 84.9 Å². The van der Waals surface area contributed by atoms with E-state index in [9.17, 15) is 4.79 Å². The molecule has 1 aliphatic heterocycles. The monoisotopic (exact) mass is 442 g/mol. The molecular formula is C29H34N2O2. The molecule has 4 rings (SSSR count). The van der Waals surface area contributed by atoms with Crippen molar-refractivity contribution in [2.24, 2.45) is 5.92 Å². The van der Waals surface area contributed by atoms with Crippen molar-refractivity contribution in [3.8, 4) is 5.75 Å². The molecule has 172 valence electrons. The van der Waals surface area contributed by atoms with Gasteiger partial charge in [0, 0.05) is 25.9 Å². The number of piperidine rings is 1. The third-order valence-electron chi connectivity index (χ3n) is 6.58. The Bertz CT molecular complexity index is 981. The van der Waals surface area contributed by atoms with Crippen molar-refractivity contribution in [2.45, 2.75) is 38.8 Å². The Kier molecular flexibility index (Phi) is 8.15. The fourth-order valence-corrected chi connectivity index (χ4v) is 4.72. The molecule has 1 aliphatic rings. The van der Waals surface area contributed by atoms with Crippen molar-refractivity contribution in [3.05, 3.63) is 102 Å². The van der Waals surface area contributed by atoms with Gasteiger partial charge in [-0.05, 0) is 60.7 Å². The number of likely N-dealkylation sites (tertiary alicyclic amines) is 1. The molecule has 0 bridgehead atoms. The van der Waals surface area contributed by atoms with Crippen LogP contribution >= 0.6 is 0 Å². The van der Waals surface area contributed by atoms with Gasteiger partial charge in [0.05, 0.1) is 0 Å². The van der Waals surface area contributed by atoms with Crippen LogP contribution in [-0.2, 0) is 17.9 Å². The van der Waals surface area contributed by atoms with Gasteiger partial charge in [0.15, 0.2) is 0 Å². The van der Waals surface area contributed by atoms with Crippen LogP contribution in [-0.4, -0.2) is 30.4 Å². The summed E-state index contributed by atoms with van der Waals surface area (Å²) in [6.07, 6.45) is 2.28. The molecule has 1 fully saturated rings. The van der Waals surface area contributed by atoms with E-state index >= 15 is 0 Å². The molecule has 4 nitrogen and oxygen atoms in total. The normalized spacial score (nSPS) is 15.7. The number of carbonyl (C=O) groups is 1. The number of ether oxygens (including phenoxy) is 1. The summed E-state index contributed by atoms with van der Waals surface area (Å²) in [5.74, 6) is 1.78. The molecule has 3 aromatic rings. The number of rotatable bonds is 9. The summed E-state index contributed by atoms with van der Waals surface area (Å²) >= 11 is 0. The number of carbonyl (C=O) groups excluding carboxylic acids is 1. The predicted molar refractivity (Wildman–Crippen MR) is 133 cm³/mol. The van der Waals surface area contributed by atoms with Crippen LogP contribution < -0.4 is 10.1 Å². The lowest BCUT2D eigenvalue weighted by atomic mass is 9.80. The lowest BCUT2D eigenvalue weighted by Crippen LogP contribution is -2.38. The van der Waals surface area contributed by atoms with Crippen molar-refractivity contribution < 1.29 is 9.53 Å². The van der Waals surface area contributed by atoms with Crippen molar-refractivity contribution in [1.82, 2.24) is 10.2 Å². The highest BCUT2D eigenvalue weighted by Crippen LogP contribution is 2.33. The van der Waals surface area contributed by atoms with Crippen molar-refractivity contribution in [2.75, 3.05) is 19.6 Å². The predicted octanol–water partition coefficient (Wildman–Crippen LogP) is 5.40. The second-order valence-corrected chi connectivity index (χ2v) is 8.99. The standard InChI is InChI=1S/C29H34N2O2/c1-23(32)30-20-29(27-16-18-31(19-17-27)21-24-8-4-2-5-9-24)26-12-14-28(15-13-26)33-22-25-10-6-3-7-11-25/h2-15,27,29H,16-22H2,1H3,(H,30,32). The second kappa shape index (κ2) is 11.7. The zero-order chi connectivity index (χ0) is 22.9. The highest BCUT2D eigenvalue weighted by molar-refractivity contribution is 5.72. The maximum atomic E-state index is 11.7. The highest BCUT2D eigenvalue weighted by atomic mass is 16.5. The lowest BCUT2D eigenvalue weighted by molar-refractivity contribution is -0.119. The van der Waals surface area contributed by atoms with Gasteiger partial charge in [0.25, 0.3) is 0 Å². The van der Waals surface area contributed by atoms with E-state index in [1.54, 1.807) is 6.92 Å². The van der Waals surface area contributed by atoms with Gasteiger partial charge in [-0.25, -0.2) is 0 Å². The first-order valence-electron chi connectivity index (χ1n) is 11.9. The van der Waals surface area contributed by atoms with E-state index in [1.165, 1.54) is 11.1 Å². The van der Waals surface area contributed by atoms with Gasteiger partial charge < -0.3 is 10.1 Å². The van der Waals surface area contributed by atoms with Crippen molar-refractivity contribution in [1.29, 1.82) is 0 Å². The van der Waals surface area contributed by atoms with Gasteiger partial charge in [0.1, 0.15) is 12.4 Å². The molecule has 1 heterocycles. The van der Waals surface area contributed by atoms with E-state index in [-0.39, 0.29) is 5.91 Å². The van der Waals surface area contributed by atoms with Gasteiger partial charge in [-0.3, -0.25) is 9.69 Å². The summed E-state index contributed by atoms with van der Waals surface area (Å²) in [7, 11) is 0. The van der Waals surface area contributed by atoms with Crippen molar-refractivity contribution >= 4 is 5.91 Å². The topological polar surface area (TPSA) is 41.6 Å². The molecule has 1 saturated heterocycles. The SMILES string of the molecule is CC(=O)NCC(c1ccc(OCc2ccccc2)cc1)C1CCN(Cc2ccccc2)CC1. The van der Waals surface area contributed by atoms with Gasteiger partial charge in [0.2, 0.25) is 5.91 Å². The molecule has 3 aromatic carbocycles. The Morgan fingerprint density at radius 1 is 0.909 bits per heavy atom. The van der Waals surface area contributed by atoms with Gasteiger partial charge in [-0.15, -0.1) is 0 Å². The quantitative estimate of drug-likeness (QED) is 0.483. The molecule has 0 radical (unpaired) electrons. The summed E-state index contributed by atoms with van der Waals surface area (Å²) in [5, 5.41) is 3.07. The van der Waals surface area contributed by atoms with E-state index < -0.39 is 0 Å². The molecule has 33 heavy (non-hydrogen) atoms. The number of nitrogens with one attached hydrogen (secondary N) is 1. The minimum atomic E-state index is 0.0318. The summed E-state index contributed by atoms with van der Waals surface area (Å²) in [5.41, 5.74) is 3.81. The summed E-state index contributed by atoms with van der Waals surface area (Å²) in [6, 6.07) is 29.4. The van der Waals surface area contributed by atoms with E-state index in [4.69, 9.17) is 4.74 Å². The van der Waals surface area contributed by atoms with Crippen LogP contribution in [0.25, 0.3) is 0 Å². The highest BCUT2D eigenvalue weighted by Gasteiger charge is 2.28. The number of nitrogens with zero attached hydrogens (tertiary/aromatic N) is 1. The van der Waals surface area contributed by atoms with Crippen LogP contribution in [0.3, 0.4) is 0 Å². The Morgan fingerprint density at radius 3 is 2.12 bits per heavy atom. The Balaban J connectivity index is 1.36. The van der Waals surface area contributed by atoms with Crippen LogP contribution in [0, 0.1) is 5.92 Å². The Labute approximate surface area is 197 Å². The molecule has 1 atom stereocenters. The smallest absolute Gasteiger partial charge is 0.216 e. The minimum Gasteiger partial charge on any atom is -0.489 e. The molecule has 1 amide bonds. The largest absolute Gasteiger partial charge is 0.489 e. The maximum absolute atomic E-state index is 11.7. The maximum Gasteiger partial charge on any atom is 0.216 e. The van der Waals surface area contributed by atoms with E-state index in [0.29, 0.717) is 25.0 Å². The molecule has 0 aliphatic carbocycles. The summed E-state index contributed by atoms with van der Waals surface area (Å²) in [4.78, 5) is 14.2. The summed E-state index contributed by atoms with van der Waals surface area (Å²) < 4.78 is 5.96. The first-order chi connectivity index (χ1) is 16.2. The van der Waals surface area contributed by atoms with Crippen LogP contribution in [0.4, 0.5) is 0 Å². The first kappa shape index (κ1) is 23.1. The van der Waals surface area contributed by atoms with Gasteiger partial charge >= 0.3 is 0 Å². The number of amides is 1. The van der Waals surface area contributed by atoms with Crippen molar-refractivity contribution in [3.63, 3.8) is 0 Å². The molecule has 0 saturated carbocycles. The first-order valence-corrected chi connectivity index (χ1v) is 11.9. The van der Waals surface area contributed by atoms with Crippen LogP contribution in [0.1, 0.15) is 42.4 Å². The number of hydrogen-bond acceptors (Lipinski definition) is 3. The van der Waals surface area contributed by atoms with Gasteiger partial charge in [-0.2, -0.15) is 0 Å². The number of hydrogen-bond donors (Lipinski definition) is 1. The fourth-order valence-electron chi connectivity index (χ4n) is 4.72. The van der Waals surface area contributed by atoms with Crippen LogP contribution in [0.2, 0.25) is 0 Å². The average Bonchev–Trinajstić information content (AvgIpc) is 2.86. The zero-order valence-corrected chi connectivity index (χ0v) is 19.5. The Morgan fingerprint density at radius 2 is 1.52 bits per heavy atom.